The number of hydrogen-bond acceptors (Lipinski definition) is 4. The van der Waals surface area contributed by atoms with Crippen LogP contribution in [0.25, 0.3) is 0 Å². The van der Waals surface area contributed by atoms with Crippen molar-refractivity contribution >= 4 is 5.91 Å². The summed E-state index contributed by atoms with van der Waals surface area (Å²) in [5.41, 5.74) is 0.554. The second-order valence-corrected chi connectivity index (χ2v) is 6.76. The van der Waals surface area contributed by atoms with Crippen molar-refractivity contribution in [3.8, 4) is 11.5 Å². The number of fused-ring (bicyclic) bond motifs is 1. The smallest absolute Gasteiger partial charge is 0.255 e. The maximum Gasteiger partial charge on any atom is 0.255 e. The van der Waals surface area contributed by atoms with Gasteiger partial charge in [0.25, 0.3) is 5.91 Å². The van der Waals surface area contributed by atoms with Gasteiger partial charge >= 0.3 is 0 Å². The molecule has 2 aliphatic heterocycles. The van der Waals surface area contributed by atoms with Gasteiger partial charge in [-0.1, -0.05) is 25.3 Å². The monoisotopic (exact) mass is 317 g/mol. The molecule has 0 aromatic heterocycles. The maximum atomic E-state index is 12.6. The average Bonchev–Trinajstić information content (AvgIpc) is 2.97. The summed E-state index contributed by atoms with van der Waals surface area (Å²) in [6.45, 7) is 1.61. The van der Waals surface area contributed by atoms with Crippen molar-refractivity contribution in [2.24, 2.45) is 0 Å². The number of hydrogen-bond donors (Lipinski definition) is 1. The Bertz CT molecular complexity index is 595. The lowest BCUT2D eigenvalue weighted by atomic mass is 9.82. The number of rotatable bonds is 2. The van der Waals surface area contributed by atoms with E-state index in [9.17, 15) is 4.79 Å². The number of nitrogens with one attached hydrogen (secondary N) is 1. The number of para-hydroxylation sites is 1. The van der Waals surface area contributed by atoms with Crippen molar-refractivity contribution in [1.29, 1.82) is 0 Å². The normalized spacial score (nSPS) is 25.3. The van der Waals surface area contributed by atoms with Gasteiger partial charge in [0, 0.05) is 0 Å². The van der Waals surface area contributed by atoms with Gasteiger partial charge in [-0.25, -0.2) is 0 Å². The van der Waals surface area contributed by atoms with E-state index in [-0.39, 0.29) is 17.6 Å². The molecule has 3 aliphatic rings. The van der Waals surface area contributed by atoms with Crippen LogP contribution in [0.15, 0.2) is 18.2 Å². The molecule has 2 fully saturated rings. The Balaban J connectivity index is 1.45. The quantitative estimate of drug-likeness (QED) is 0.911. The third-order valence-electron chi connectivity index (χ3n) is 5.12. The summed E-state index contributed by atoms with van der Waals surface area (Å²) in [5.74, 6) is 1.10. The topological polar surface area (TPSA) is 56.8 Å². The third kappa shape index (κ3) is 2.90. The van der Waals surface area contributed by atoms with Crippen LogP contribution < -0.4 is 14.8 Å². The molecule has 4 rings (SSSR count). The summed E-state index contributed by atoms with van der Waals surface area (Å²) in [4.78, 5) is 12.6. The fraction of sp³-hybridized carbons (Fsp3) is 0.611. The molecule has 0 radical (unpaired) electrons. The van der Waals surface area contributed by atoms with E-state index in [0.29, 0.717) is 36.9 Å². The molecule has 1 aliphatic carbocycles. The van der Waals surface area contributed by atoms with Crippen LogP contribution in [0.3, 0.4) is 0 Å². The molecule has 5 heteroatoms. The molecule has 0 bridgehead atoms. The summed E-state index contributed by atoms with van der Waals surface area (Å²) >= 11 is 0. The highest BCUT2D eigenvalue weighted by Gasteiger charge is 2.41. The van der Waals surface area contributed by atoms with Crippen molar-refractivity contribution in [2.45, 2.75) is 50.2 Å². The molecule has 1 saturated heterocycles. The Morgan fingerprint density at radius 3 is 2.83 bits per heavy atom. The molecule has 1 aromatic carbocycles. The van der Waals surface area contributed by atoms with Crippen LogP contribution in [0.5, 0.6) is 11.5 Å². The second kappa shape index (κ2) is 6.04. The lowest BCUT2D eigenvalue weighted by Crippen LogP contribution is -2.37. The SMILES string of the molecule is O=C(NC1COC2(CCCCC2)C1)c1cccc2c1OCCO2. The largest absolute Gasteiger partial charge is 0.486 e. The minimum atomic E-state index is -0.103. The third-order valence-corrected chi connectivity index (χ3v) is 5.12. The molecule has 1 N–H and O–H groups in total. The number of amides is 1. The molecular formula is C18H23NO4. The highest BCUT2D eigenvalue weighted by Crippen LogP contribution is 2.40. The minimum absolute atomic E-state index is 0.00588. The fourth-order valence-electron chi connectivity index (χ4n) is 4.00. The van der Waals surface area contributed by atoms with Crippen LogP contribution in [0.4, 0.5) is 0 Å². The van der Waals surface area contributed by atoms with Gasteiger partial charge in [-0.05, 0) is 31.4 Å². The Labute approximate surface area is 136 Å². The van der Waals surface area contributed by atoms with Crippen LogP contribution in [0, 0.1) is 0 Å². The summed E-state index contributed by atoms with van der Waals surface area (Å²) in [6, 6.07) is 5.53. The summed E-state index contributed by atoms with van der Waals surface area (Å²) in [6.07, 6.45) is 6.94. The lowest BCUT2D eigenvalue weighted by Gasteiger charge is -2.32. The molecule has 124 valence electrons. The number of carbonyl (C=O) groups excluding carboxylic acids is 1. The van der Waals surface area contributed by atoms with Gasteiger partial charge < -0.3 is 19.5 Å². The van der Waals surface area contributed by atoms with E-state index in [4.69, 9.17) is 14.2 Å². The fourth-order valence-corrected chi connectivity index (χ4v) is 4.00. The number of carbonyl (C=O) groups is 1. The van der Waals surface area contributed by atoms with Crippen LogP contribution >= 0.6 is 0 Å². The summed E-state index contributed by atoms with van der Waals surface area (Å²) < 4.78 is 17.3. The van der Waals surface area contributed by atoms with E-state index in [1.165, 1.54) is 19.3 Å². The summed E-state index contributed by atoms with van der Waals surface area (Å²) in [7, 11) is 0. The first-order valence-electron chi connectivity index (χ1n) is 8.59. The highest BCUT2D eigenvalue weighted by atomic mass is 16.6. The first-order chi connectivity index (χ1) is 11.3. The molecule has 5 nitrogen and oxygen atoms in total. The predicted molar refractivity (Wildman–Crippen MR) is 85.1 cm³/mol. The molecule has 1 amide bonds. The molecule has 1 aromatic rings. The van der Waals surface area contributed by atoms with Gasteiger partial charge in [0.15, 0.2) is 11.5 Å². The van der Waals surface area contributed by atoms with Crippen molar-refractivity contribution in [2.75, 3.05) is 19.8 Å². The first kappa shape index (κ1) is 14.8. The van der Waals surface area contributed by atoms with Gasteiger partial charge in [-0.15, -0.1) is 0 Å². The molecular weight excluding hydrogens is 294 g/mol. The molecule has 1 atom stereocenters. The van der Waals surface area contributed by atoms with Crippen LogP contribution in [-0.2, 0) is 4.74 Å². The van der Waals surface area contributed by atoms with E-state index in [1.807, 2.05) is 12.1 Å². The zero-order valence-electron chi connectivity index (χ0n) is 13.3. The summed E-state index contributed by atoms with van der Waals surface area (Å²) in [5, 5.41) is 3.12. The van der Waals surface area contributed by atoms with Crippen LogP contribution in [0.2, 0.25) is 0 Å². The highest BCUT2D eigenvalue weighted by molar-refractivity contribution is 5.98. The van der Waals surface area contributed by atoms with Gasteiger partial charge in [0.1, 0.15) is 13.2 Å². The minimum Gasteiger partial charge on any atom is -0.486 e. The molecule has 2 heterocycles. The Morgan fingerprint density at radius 2 is 1.96 bits per heavy atom. The van der Waals surface area contributed by atoms with Crippen molar-refractivity contribution in [3.05, 3.63) is 23.8 Å². The Morgan fingerprint density at radius 1 is 1.13 bits per heavy atom. The molecule has 1 spiro atoms. The van der Waals surface area contributed by atoms with E-state index in [1.54, 1.807) is 6.07 Å². The Hall–Kier alpha value is -1.75. The van der Waals surface area contributed by atoms with Gasteiger partial charge in [0.05, 0.1) is 23.8 Å². The lowest BCUT2D eigenvalue weighted by molar-refractivity contribution is -0.0246. The standard InChI is InChI=1S/C18H23NO4/c20-17(14-5-4-6-15-16(14)22-10-9-21-15)19-13-11-18(23-12-13)7-2-1-3-8-18/h4-6,13H,1-3,7-12H2,(H,19,20). The van der Waals surface area contributed by atoms with E-state index >= 15 is 0 Å². The molecule has 1 saturated carbocycles. The van der Waals surface area contributed by atoms with Crippen molar-refractivity contribution in [3.63, 3.8) is 0 Å². The van der Waals surface area contributed by atoms with Gasteiger partial charge in [-0.2, -0.15) is 0 Å². The molecule has 23 heavy (non-hydrogen) atoms. The Kier molecular flexibility index (Phi) is 3.89. The average molecular weight is 317 g/mol. The van der Waals surface area contributed by atoms with E-state index in [2.05, 4.69) is 5.32 Å². The van der Waals surface area contributed by atoms with Crippen molar-refractivity contribution < 1.29 is 19.0 Å². The molecule has 1 unspecified atom stereocenters. The predicted octanol–water partition coefficient (Wildman–Crippen LogP) is 2.68. The van der Waals surface area contributed by atoms with E-state index < -0.39 is 0 Å². The second-order valence-electron chi connectivity index (χ2n) is 6.76. The maximum absolute atomic E-state index is 12.6. The number of ether oxygens (including phenoxy) is 3. The van der Waals surface area contributed by atoms with E-state index in [0.717, 1.165) is 19.3 Å². The zero-order valence-corrected chi connectivity index (χ0v) is 13.3. The van der Waals surface area contributed by atoms with Gasteiger partial charge in [-0.3, -0.25) is 4.79 Å². The van der Waals surface area contributed by atoms with Crippen LogP contribution in [0.1, 0.15) is 48.9 Å². The number of benzene rings is 1. The first-order valence-corrected chi connectivity index (χ1v) is 8.59. The zero-order chi connectivity index (χ0) is 15.7. The van der Waals surface area contributed by atoms with Gasteiger partial charge in [0.2, 0.25) is 0 Å². The van der Waals surface area contributed by atoms with Crippen LogP contribution in [-0.4, -0.2) is 37.4 Å². The van der Waals surface area contributed by atoms with Crippen molar-refractivity contribution in [1.82, 2.24) is 5.32 Å².